The maximum atomic E-state index is 12.9. The van der Waals surface area contributed by atoms with E-state index in [-0.39, 0.29) is 24.9 Å². The largest absolute Gasteiger partial charge is 0.355 e. The molecule has 2 amide bonds. The topological polar surface area (TPSA) is 98.8 Å². The van der Waals surface area contributed by atoms with Gasteiger partial charge in [0.2, 0.25) is 21.8 Å². The first kappa shape index (κ1) is 21.3. The van der Waals surface area contributed by atoms with Crippen molar-refractivity contribution in [2.75, 3.05) is 45.8 Å². The Hall–Kier alpha value is -1.97. The molecule has 8 nitrogen and oxygen atoms in total. The number of likely N-dealkylation sites (N-methyl/N-ethyl adjacent to an activating group) is 1. The minimum Gasteiger partial charge on any atom is -0.355 e. The highest BCUT2D eigenvalue weighted by atomic mass is 32.2. The van der Waals surface area contributed by atoms with E-state index in [9.17, 15) is 18.0 Å². The molecule has 0 saturated carbocycles. The smallest absolute Gasteiger partial charge is 0.243 e. The van der Waals surface area contributed by atoms with E-state index >= 15 is 0 Å². The fourth-order valence-electron chi connectivity index (χ4n) is 2.95. The lowest BCUT2D eigenvalue weighted by atomic mass is 10.2. The van der Waals surface area contributed by atoms with Gasteiger partial charge in [-0.25, -0.2) is 8.42 Å². The fraction of sp³-hybridized carbons (Fsp3) is 0.556. The molecule has 2 N–H and O–H groups in total. The summed E-state index contributed by atoms with van der Waals surface area (Å²) in [6, 6.07) is 5.41. The van der Waals surface area contributed by atoms with Crippen molar-refractivity contribution >= 4 is 21.8 Å². The average molecular weight is 397 g/mol. The molecule has 150 valence electrons. The minimum atomic E-state index is -3.54. The molecule has 0 atom stereocenters. The number of hydrogen-bond acceptors (Lipinski definition) is 5. The standard InChI is InChI=1S/C18H28N4O4S/c1-4-19-17(23)12-20-18(24)13-21-7-9-22(10-8-21)27(25,26)16-11-14(2)5-6-15(16)3/h5-6,11H,4,7-10,12-13H2,1-3H3,(H,19,23)(H,20,24). The van der Waals surface area contributed by atoms with Crippen LogP contribution in [-0.2, 0) is 19.6 Å². The number of benzene rings is 1. The third-order valence-corrected chi connectivity index (χ3v) is 6.52. The number of hydrogen-bond donors (Lipinski definition) is 2. The van der Waals surface area contributed by atoms with Gasteiger partial charge >= 0.3 is 0 Å². The lowest BCUT2D eigenvalue weighted by Gasteiger charge is -2.33. The second-order valence-electron chi connectivity index (χ2n) is 6.68. The number of rotatable bonds is 7. The molecule has 1 aliphatic rings. The molecule has 27 heavy (non-hydrogen) atoms. The molecular weight excluding hydrogens is 368 g/mol. The van der Waals surface area contributed by atoms with E-state index in [4.69, 9.17) is 0 Å². The predicted octanol–water partition coefficient (Wildman–Crippen LogP) is -0.138. The fourth-order valence-corrected chi connectivity index (χ4v) is 4.68. The third-order valence-electron chi connectivity index (χ3n) is 4.48. The van der Waals surface area contributed by atoms with Crippen LogP contribution in [0, 0.1) is 13.8 Å². The second-order valence-corrected chi connectivity index (χ2v) is 8.59. The van der Waals surface area contributed by atoms with Crippen molar-refractivity contribution in [1.29, 1.82) is 0 Å². The summed E-state index contributed by atoms with van der Waals surface area (Å²) >= 11 is 0. The zero-order chi connectivity index (χ0) is 20.0. The van der Waals surface area contributed by atoms with Crippen LogP contribution in [-0.4, -0.2) is 75.3 Å². The summed E-state index contributed by atoms with van der Waals surface area (Å²) in [5.41, 5.74) is 1.63. The van der Waals surface area contributed by atoms with Crippen molar-refractivity contribution in [3.8, 4) is 0 Å². The summed E-state index contributed by atoms with van der Waals surface area (Å²) in [6.07, 6.45) is 0. The van der Waals surface area contributed by atoms with Gasteiger partial charge in [0.05, 0.1) is 18.0 Å². The molecule has 1 saturated heterocycles. The minimum absolute atomic E-state index is 0.0480. The number of piperazine rings is 1. The zero-order valence-corrected chi connectivity index (χ0v) is 16.9. The first-order valence-electron chi connectivity index (χ1n) is 9.07. The zero-order valence-electron chi connectivity index (χ0n) is 16.1. The van der Waals surface area contributed by atoms with Crippen molar-refractivity contribution < 1.29 is 18.0 Å². The molecule has 0 unspecified atom stereocenters. The summed E-state index contributed by atoms with van der Waals surface area (Å²) in [5.74, 6) is -0.470. The number of nitrogens with zero attached hydrogens (tertiary/aromatic N) is 2. The van der Waals surface area contributed by atoms with Gasteiger partial charge in [-0.05, 0) is 38.0 Å². The van der Waals surface area contributed by atoms with E-state index in [1.165, 1.54) is 4.31 Å². The normalized spacial score (nSPS) is 16.1. The lowest BCUT2D eigenvalue weighted by Crippen LogP contribution is -2.51. The number of carbonyl (C=O) groups excluding carboxylic acids is 2. The van der Waals surface area contributed by atoms with E-state index in [1.54, 1.807) is 13.0 Å². The predicted molar refractivity (Wildman–Crippen MR) is 103 cm³/mol. The lowest BCUT2D eigenvalue weighted by molar-refractivity contribution is -0.126. The highest BCUT2D eigenvalue weighted by Gasteiger charge is 2.30. The molecule has 1 aliphatic heterocycles. The summed E-state index contributed by atoms with van der Waals surface area (Å²) in [6.45, 7) is 7.70. The third kappa shape index (κ3) is 5.75. The summed E-state index contributed by atoms with van der Waals surface area (Å²) in [4.78, 5) is 25.5. The molecule has 2 rings (SSSR count). The van der Waals surface area contributed by atoms with Crippen LogP contribution in [0.25, 0.3) is 0 Å². The van der Waals surface area contributed by atoms with Crippen molar-refractivity contribution in [2.45, 2.75) is 25.7 Å². The Morgan fingerprint density at radius 1 is 1.04 bits per heavy atom. The maximum absolute atomic E-state index is 12.9. The molecule has 1 aromatic rings. The Balaban J connectivity index is 1.88. The monoisotopic (exact) mass is 396 g/mol. The quantitative estimate of drug-likeness (QED) is 0.669. The molecule has 0 bridgehead atoms. The van der Waals surface area contributed by atoms with Crippen molar-refractivity contribution in [3.63, 3.8) is 0 Å². The molecule has 1 heterocycles. The number of carbonyl (C=O) groups is 2. The van der Waals surface area contributed by atoms with Gasteiger partial charge < -0.3 is 10.6 Å². The molecule has 0 aliphatic carbocycles. The van der Waals surface area contributed by atoms with Crippen LogP contribution in [0.15, 0.2) is 23.1 Å². The molecule has 1 fully saturated rings. The van der Waals surface area contributed by atoms with E-state index in [0.29, 0.717) is 37.6 Å². The molecule has 9 heteroatoms. The molecule has 0 aromatic heterocycles. The van der Waals surface area contributed by atoms with Crippen LogP contribution in [0.1, 0.15) is 18.1 Å². The van der Waals surface area contributed by atoms with Gasteiger partial charge in [0, 0.05) is 32.7 Å². The van der Waals surface area contributed by atoms with Gasteiger partial charge in [0.15, 0.2) is 0 Å². The van der Waals surface area contributed by atoms with Crippen LogP contribution in [0.2, 0.25) is 0 Å². The Morgan fingerprint density at radius 3 is 2.33 bits per heavy atom. The number of amides is 2. The molecule has 0 radical (unpaired) electrons. The van der Waals surface area contributed by atoms with E-state index in [0.717, 1.165) is 11.1 Å². The van der Waals surface area contributed by atoms with Gasteiger partial charge in [-0.3, -0.25) is 14.5 Å². The number of aryl methyl sites for hydroxylation is 2. The van der Waals surface area contributed by atoms with Gasteiger partial charge in [0.25, 0.3) is 0 Å². The van der Waals surface area contributed by atoms with Crippen molar-refractivity contribution in [2.24, 2.45) is 0 Å². The van der Waals surface area contributed by atoms with Crippen LogP contribution in [0.3, 0.4) is 0 Å². The first-order chi connectivity index (χ1) is 12.7. The second kappa shape index (κ2) is 9.29. The Labute approximate surface area is 161 Å². The average Bonchev–Trinajstić information content (AvgIpc) is 2.62. The summed E-state index contributed by atoms with van der Waals surface area (Å²) in [5, 5.41) is 5.18. The number of nitrogens with one attached hydrogen (secondary N) is 2. The maximum Gasteiger partial charge on any atom is 0.243 e. The Morgan fingerprint density at radius 2 is 1.70 bits per heavy atom. The highest BCUT2D eigenvalue weighted by molar-refractivity contribution is 7.89. The summed E-state index contributed by atoms with van der Waals surface area (Å²) < 4.78 is 27.3. The molecule has 1 aromatic carbocycles. The number of sulfonamides is 1. The van der Waals surface area contributed by atoms with Crippen LogP contribution in [0.5, 0.6) is 0 Å². The van der Waals surface area contributed by atoms with Gasteiger partial charge in [0.1, 0.15) is 0 Å². The van der Waals surface area contributed by atoms with Gasteiger partial charge in [-0.1, -0.05) is 12.1 Å². The SMILES string of the molecule is CCNC(=O)CNC(=O)CN1CCN(S(=O)(=O)c2cc(C)ccc2C)CC1. The molecule has 0 spiro atoms. The highest BCUT2D eigenvalue weighted by Crippen LogP contribution is 2.22. The van der Waals surface area contributed by atoms with Gasteiger partial charge in [-0.2, -0.15) is 4.31 Å². The van der Waals surface area contributed by atoms with Crippen molar-refractivity contribution in [1.82, 2.24) is 19.8 Å². The molecular formula is C18H28N4O4S. The van der Waals surface area contributed by atoms with E-state index in [1.807, 2.05) is 30.9 Å². The van der Waals surface area contributed by atoms with E-state index < -0.39 is 10.0 Å². The van der Waals surface area contributed by atoms with Crippen LogP contribution < -0.4 is 10.6 Å². The summed E-state index contributed by atoms with van der Waals surface area (Å²) in [7, 11) is -3.54. The van der Waals surface area contributed by atoms with Crippen molar-refractivity contribution in [3.05, 3.63) is 29.3 Å². The van der Waals surface area contributed by atoms with E-state index in [2.05, 4.69) is 10.6 Å². The Bertz CT molecular complexity index is 787. The van der Waals surface area contributed by atoms with Crippen LogP contribution in [0.4, 0.5) is 0 Å². The van der Waals surface area contributed by atoms with Crippen LogP contribution >= 0.6 is 0 Å². The Kier molecular flexibility index (Phi) is 7.34. The first-order valence-corrected chi connectivity index (χ1v) is 10.5. The van der Waals surface area contributed by atoms with Gasteiger partial charge in [-0.15, -0.1) is 0 Å².